The maximum absolute atomic E-state index is 14.2. The Morgan fingerprint density at radius 3 is 2.31 bits per heavy atom. The van der Waals surface area contributed by atoms with Crippen LogP contribution < -0.4 is 9.64 Å². The Bertz CT molecular complexity index is 1010. The number of benzene rings is 2. The fourth-order valence-corrected chi connectivity index (χ4v) is 5.04. The first-order chi connectivity index (χ1) is 16.6. The van der Waals surface area contributed by atoms with Crippen LogP contribution in [0.2, 0.25) is 0 Å². The fourth-order valence-electron chi connectivity index (χ4n) is 5.04. The van der Waals surface area contributed by atoms with Gasteiger partial charge in [0.1, 0.15) is 23.8 Å². The smallest absolute Gasteiger partial charge is 0.219 e. The molecule has 2 saturated heterocycles. The fraction of sp³-hybridized carbons (Fsp3) is 0.519. The number of amides is 1. The Balaban J connectivity index is 1.41. The van der Waals surface area contributed by atoms with E-state index in [2.05, 4.69) is 0 Å². The van der Waals surface area contributed by atoms with Crippen LogP contribution in [-0.2, 0) is 4.79 Å². The lowest BCUT2D eigenvalue weighted by Gasteiger charge is -2.42. The lowest BCUT2D eigenvalue weighted by atomic mass is 9.90. The standard InChI is InChI=1S/C27H36FN3O4/c1-21-7-9-23(10-8-21)35-20-27(34)18-29(15-16-31(19-27)22(2)32)17-26(33)11-13-30(14-12-26)25-6-4-3-5-24(25)28/h3-10,33-34H,11-20H2,1-2H3/t27-/m0/s1. The van der Waals surface area contributed by atoms with Gasteiger partial charge in [-0.3, -0.25) is 9.69 Å². The highest BCUT2D eigenvalue weighted by atomic mass is 19.1. The van der Waals surface area contributed by atoms with Gasteiger partial charge < -0.3 is 24.7 Å². The molecule has 4 rings (SSSR count). The summed E-state index contributed by atoms with van der Waals surface area (Å²) in [5.41, 5.74) is -0.554. The number of hydrogen-bond donors (Lipinski definition) is 2. The van der Waals surface area contributed by atoms with Crippen LogP contribution >= 0.6 is 0 Å². The van der Waals surface area contributed by atoms with Gasteiger partial charge in [-0.25, -0.2) is 4.39 Å². The van der Waals surface area contributed by atoms with Crippen LogP contribution in [0.25, 0.3) is 0 Å². The average molecular weight is 486 g/mol. The third-order valence-electron chi connectivity index (χ3n) is 7.07. The number of aliphatic hydroxyl groups is 2. The Kier molecular flexibility index (Phi) is 7.64. The predicted octanol–water partition coefficient (Wildman–Crippen LogP) is 2.44. The van der Waals surface area contributed by atoms with E-state index >= 15 is 0 Å². The van der Waals surface area contributed by atoms with E-state index in [1.54, 1.807) is 17.0 Å². The average Bonchev–Trinajstić information content (AvgIpc) is 2.98. The first kappa shape index (κ1) is 25.4. The number of nitrogens with zero attached hydrogens (tertiary/aromatic N) is 3. The summed E-state index contributed by atoms with van der Waals surface area (Å²) in [4.78, 5) is 17.8. The van der Waals surface area contributed by atoms with Gasteiger partial charge in [0.15, 0.2) is 0 Å². The molecule has 35 heavy (non-hydrogen) atoms. The van der Waals surface area contributed by atoms with Gasteiger partial charge in [0, 0.05) is 46.2 Å². The first-order valence-electron chi connectivity index (χ1n) is 12.3. The van der Waals surface area contributed by atoms with E-state index in [1.165, 1.54) is 13.0 Å². The Morgan fingerprint density at radius 1 is 0.971 bits per heavy atom. The minimum absolute atomic E-state index is 0.0375. The van der Waals surface area contributed by atoms with Gasteiger partial charge in [-0.05, 0) is 44.0 Å². The molecule has 0 spiro atoms. The van der Waals surface area contributed by atoms with Gasteiger partial charge in [0.05, 0.1) is 17.8 Å². The van der Waals surface area contributed by atoms with Gasteiger partial charge in [0.2, 0.25) is 5.91 Å². The molecule has 2 aliphatic rings. The van der Waals surface area contributed by atoms with Crippen LogP contribution in [0.4, 0.5) is 10.1 Å². The molecule has 0 unspecified atom stereocenters. The molecule has 2 heterocycles. The quantitative estimate of drug-likeness (QED) is 0.655. The molecule has 0 saturated carbocycles. The lowest BCUT2D eigenvalue weighted by molar-refractivity contribution is -0.132. The van der Waals surface area contributed by atoms with Crippen molar-refractivity contribution in [1.82, 2.24) is 9.80 Å². The summed E-state index contributed by atoms with van der Waals surface area (Å²) in [5.74, 6) is 0.305. The largest absolute Gasteiger partial charge is 0.490 e. The van der Waals surface area contributed by atoms with Crippen LogP contribution in [-0.4, -0.2) is 89.5 Å². The predicted molar refractivity (Wildman–Crippen MR) is 133 cm³/mol. The van der Waals surface area contributed by atoms with Crippen molar-refractivity contribution < 1.29 is 24.1 Å². The van der Waals surface area contributed by atoms with Gasteiger partial charge >= 0.3 is 0 Å². The summed E-state index contributed by atoms with van der Waals surface area (Å²) >= 11 is 0. The van der Waals surface area contributed by atoms with Crippen LogP contribution in [0.1, 0.15) is 25.3 Å². The molecule has 2 aliphatic heterocycles. The highest BCUT2D eigenvalue weighted by Crippen LogP contribution is 2.29. The molecule has 2 fully saturated rings. The molecule has 0 aromatic heterocycles. The number of β-amino-alcohol motifs (C(OH)–C–C–N with tert-alkyl or cyclic N) is 2. The monoisotopic (exact) mass is 485 g/mol. The Morgan fingerprint density at radius 2 is 1.66 bits per heavy atom. The third kappa shape index (κ3) is 6.51. The molecule has 2 aromatic carbocycles. The van der Waals surface area contributed by atoms with Crippen molar-refractivity contribution in [3.8, 4) is 5.75 Å². The van der Waals surface area contributed by atoms with Crippen molar-refractivity contribution >= 4 is 11.6 Å². The maximum atomic E-state index is 14.2. The second-order valence-electron chi connectivity index (χ2n) is 10.1. The second kappa shape index (κ2) is 10.5. The molecule has 2 aromatic rings. The zero-order valence-corrected chi connectivity index (χ0v) is 20.6. The van der Waals surface area contributed by atoms with E-state index < -0.39 is 11.2 Å². The number of carbonyl (C=O) groups is 1. The molecule has 7 nitrogen and oxygen atoms in total. The van der Waals surface area contributed by atoms with Crippen molar-refractivity contribution in [2.24, 2.45) is 0 Å². The molecular weight excluding hydrogens is 449 g/mol. The van der Waals surface area contributed by atoms with Crippen molar-refractivity contribution in [3.05, 3.63) is 59.9 Å². The molecule has 190 valence electrons. The summed E-state index contributed by atoms with van der Waals surface area (Å²) in [5, 5.41) is 22.9. The number of ether oxygens (including phenoxy) is 1. The molecule has 1 amide bonds. The first-order valence-corrected chi connectivity index (χ1v) is 12.3. The lowest BCUT2D eigenvalue weighted by Crippen LogP contribution is -2.56. The summed E-state index contributed by atoms with van der Waals surface area (Å²) in [7, 11) is 0. The van der Waals surface area contributed by atoms with Gasteiger partial charge in [-0.2, -0.15) is 0 Å². The van der Waals surface area contributed by atoms with Crippen LogP contribution in [0, 0.1) is 12.7 Å². The van der Waals surface area contributed by atoms with Crippen LogP contribution in [0.5, 0.6) is 5.75 Å². The maximum Gasteiger partial charge on any atom is 0.219 e. The van der Waals surface area contributed by atoms with E-state index in [-0.39, 0.29) is 31.4 Å². The van der Waals surface area contributed by atoms with Crippen molar-refractivity contribution in [1.29, 1.82) is 0 Å². The minimum Gasteiger partial charge on any atom is -0.490 e. The van der Waals surface area contributed by atoms with Gasteiger partial charge in [-0.15, -0.1) is 0 Å². The van der Waals surface area contributed by atoms with E-state index in [0.29, 0.717) is 57.0 Å². The number of rotatable bonds is 6. The summed E-state index contributed by atoms with van der Waals surface area (Å²) < 4.78 is 20.1. The molecular formula is C27H36FN3O4. The van der Waals surface area contributed by atoms with Crippen molar-refractivity contribution in [2.75, 3.05) is 57.3 Å². The zero-order chi connectivity index (χ0) is 25.1. The summed E-state index contributed by atoms with van der Waals surface area (Å²) in [6.45, 7) is 6.47. The SMILES string of the molecule is CC(=O)N1CCN(CC2(O)CCN(c3ccccc3F)CC2)C[C@@](O)(COc2ccc(C)cc2)C1. The van der Waals surface area contributed by atoms with E-state index in [4.69, 9.17) is 4.74 Å². The number of hydrogen-bond acceptors (Lipinski definition) is 6. The minimum atomic E-state index is -1.28. The van der Waals surface area contributed by atoms with Crippen LogP contribution in [0.15, 0.2) is 48.5 Å². The molecule has 1 atom stereocenters. The zero-order valence-electron chi connectivity index (χ0n) is 20.6. The Labute approximate surface area is 206 Å². The van der Waals surface area contributed by atoms with E-state index in [0.717, 1.165) is 5.56 Å². The van der Waals surface area contributed by atoms with E-state index in [9.17, 15) is 19.4 Å². The molecule has 0 radical (unpaired) electrons. The molecule has 0 aliphatic carbocycles. The summed E-state index contributed by atoms with van der Waals surface area (Å²) in [6.07, 6.45) is 0.985. The number of carbonyl (C=O) groups excluding carboxylic acids is 1. The second-order valence-corrected chi connectivity index (χ2v) is 10.1. The highest BCUT2D eigenvalue weighted by molar-refractivity contribution is 5.73. The topological polar surface area (TPSA) is 76.5 Å². The number of piperidine rings is 1. The number of halogens is 1. The van der Waals surface area contributed by atoms with Crippen molar-refractivity contribution in [3.63, 3.8) is 0 Å². The van der Waals surface area contributed by atoms with Crippen LogP contribution in [0.3, 0.4) is 0 Å². The highest BCUT2D eigenvalue weighted by Gasteiger charge is 2.41. The molecule has 8 heteroatoms. The van der Waals surface area contributed by atoms with Gasteiger partial charge in [0.25, 0.3) is 0 Å². The van der Waals surface area contributed by atoms with Crippen molar-refractivity contribution in [2.45, 2.75) is 37.9 Å². The number of anilines is 1. The third-order valence-corrected chi connectivity index (χ3v) is 7.07. The molecule has 0 bridgehead atoms. The van der Waals surface area contributed by atoms with Gasteiger partial charge in [-0.1, -0.05) is 29.8 Å². The van der Waals surface area contributed by atoms with E-state index in [1.807, 2.05) is 47.1 Å². The Hall–Kier alpha value is -2.68. The summed E-state index contributed by atoms with van der Waals surface area (Å²) in [6, 6.07) is 14.3. The normalized spacial score (nSPS) is 23.1. The number of para-hydroxylation sites is 1. The number of aryl methyl sites for hydroxylation is 1. The molecule has 2 N–H and O–H groups in total.